The van der Waals surface area contributed by atoms with Gasteiger partial charge in [0.25, 0.3) is 5.91 Å². The fourth-order valence-electron chi connectivity index (χ4n) is 6.43. The number of carbonyl (C=O) groups is 2. The van der Waals surface area contributed by atoms with Gasteiger partial charge in [0, 0.05) is 54.8 Å². The average molecular weight is 509 g/mol. The van der Waals surface area contributed by atoms with E-state index in [9.17, 15) is 9.59 Å². The smallest absolute Gasteiger partial charge is 0.325 e. The predicted molar refractivity (Wildman–Crippen MR) is 140 cm³/mol. The second-order valence-corrected chi connectivity index (χ2v) is 11.1. The molecule has 190 valence electrons. The van der Waals surface area contributed by atoms with Crippen molar-refractivity contribution < 1.29 is 14.3 Å². The molecule has 0 aromatic heterocycles. The molecule has 1 aliphatic carbocycles. The summed E-state index contributed by atoms with van der Waals surface area (Å²) in [6.45, 7) is 5.27. The Labute approximate surface area is 217 Å². The van der Waals surface area contributed by atoms with Crippen LogP contribution in [0.1, 0.15) is 67.4 Å². The van der Waals surface area contributed by atoms with Gasteiger partial charge < -0.3 is 15.0 Å². The van der Waals surface area contributed by atoms with Crippen molar-refractivity contribution in [2.24, 2.45) is 0 Å². The Kier molecular flexibility index (Phi) is 6.08. The number of nitrogens with zero attached hydrogens (tertiary/aromatic N) is 3. The van der Waals surface area contributed by atoms with Crippen molar-refractivity contribution in [3.05, 3.63) is 58.6 Å². The van der Waals surface area contributed by atoms with E-state index in [2.05, 4.69) is 10.2 Å². The molecule has 0 radical (unpaired) electrons. The number of halogens is 1. The number of benzene rings is 2. The summed E-state index contributed by atoms with van der Waals surface area (Å²) < 4.78 is 6.37. The third-order valence-corrected chi connectivity index (χ3v) is 8.51. The molecule has 2 atom stereocenters. The number of hydrogen-bond acceptors (Lipinski definition) is 4. The molecule has 3 heterocycles. The van der Waals surface area contributed by atoms with Crippen LogP contribution < -0.4 is 15.0 Å². The van der Waals surface area contributed by atoms with Crippen LogP contribution in [0.3, 0.4) is 0 Å². The molecule has 7 nitrogen and oxygen atoms in total. The summed E-state index contributed by atoms with van der Waals surface area (Å²) in [7, 11) is 0. The van der Waals surface area contributed by atoms with Crippen molar-refractivity contribution in [3.63, 3.8) is 0 Å². The van der Waals surface area contributed by atoms with E-state index in [0.717, 1.165) is 31.7 Å². The van der Waals surface area contributed by atoms with E-state index in [4.69, 9.17) is 16.3 Å². The van der Waals surface area contributed by atoms with E-state index in [1.807, 2.05) is 48.2 Å². The highest BCUT2D eigenvalue weighted by Gasteiger charge is 2.50. The van der Waals surface area contributed by atoms with Gasteiger partial charge in [-0.15, -0.1) is 0 Å². The zero-order chi connectivity index (χ0) is 24.9. The molecule has 2 aromatic carbocycles. The van der Waals surface area contributed by atoms with Gasteiger partial charge in [-0.2, -0.15) is 0 Å². The monoisotopic (exact) mass is 508 g/mol. The molecule has 2 aromatic rings. The highest BCUT2D eigenvalue weighted by atomic mass is 35.5. The molecule has 36 heavy (non-hydrogen) atoms. The Morgan fingerprint density at radius 3 is 2.61 bits per heavy atom. The molecule has 3 fully saturated rings. The van der Waals surface area contributed by atoms with Crippen molar-refractivity contribution in [1.29, 1.82) is 0 Å². The van der Waals surface area contributed by atoms with Gasteiger partial charge in [-0.1, -0.05) is 36.9 Å². The Balaban J connectivity index is 1.19. The normalized spacial score (nSPS) is 26.7. The molecule has 2 saturated heterocycles. The topological polar surface area (TPSA) is 65.1 Å². The van der Waals surface area contributed by atoms with Crippen LogP contribution in [-0.4, -0.2) is 59.7 Å². The van der Waals surface area contributed by atoms with E-state index in [1.165, 1.54) is 32.1 Å². The average Bonchev–Trinajstić information content (AvgIpc) is 2.89. The largest absolute Gasteiger partial charge is 0.467 e. The molecule has 2 unspecified atom stereocenters. The lowest BCUT2D eigenvalue weighted by atomic mass is 9.90. The number of piperazine rings is 1. The first-order valence-electron chi connectivity index (χ1n) is 13.1. The van der Waals surface area contributed by atoms with Crippen LogP contribution in [0.4, 0.5) is 10.5 Å². The summed E-state index contributed by atoms with van der Waals surface area (Å²) in [5.74, 6) is 0.733. The quantitative estimate of drug-likeness (QED) is 0.619. The fraction of sp³-hybridized carbons (Fsp3) is 0.500. The second kappa shape index (κ2) is 9.27. The van der Waals surface area contributed by atoms with Gasteiger partial charge >= 0.3 is 6.03 Å². The highest BCUT2D eigenvalue weighted by Crippen LogP contribution is 2.46. The highest BCUT2D eigenvalue weighted by molar-refractivity contribution is 6.30. The third kappa shape index (κ3) is 4.22. The molecule has 3 amide bonds. The van der Waals surface area contributed by atoms with Gasteiger partial charge in [-0.25, -0.2) is 4.79 Å². The molecule has 0 spiro atoms. The van der Waals surface area contributed by atoms with Crippen molar-refractivity contribution in [2.75, 3.05) is 31.1 Å². The van der Waals surface area contributed by atoms with E-state index in [1.54, 1.807) is 11.0 Å². The van der Waals surface area contributed by atoms with Crippen LogP contribution in [0.15, 0.2) is 42.5 Å². The predicted octanol–water partition coefficient (Wildman–Crippen LogP) is 5.20. The zero-order valence-corrected chi connectivity index (χ0v) is 21.5. The van der Waals surface area contributed by atoms with Crippen molar-refractivity contribution in [2.45, 2.75) is 63.3 Å². The van der Waals surface area contributed by atoms with Gasteiger partial charge in [0.2, 0.25) is 0 Å². The van der Waals surface area contributed by atoms with E-state index in [0.29, 0.717) is 34.5 Å². The molecule has 8 heteroatoms. The lowest BCUT2D eigenvalue weighted by molar-refractivity contribution is 0.0377. The molecular weight excluding hydrogens is 476 g/mol. The van der Waals surface area contributed by atoms with Crippen LogP contribution in [0.2, 0.25) is 5.02 Å². The Hall–Kier alpha value is -2.77. The molecule has 3 aliphatic heterocycles. The maximum atomic E-state index is 13.4. The number of fused-ring (bicyclic) bond motifs is 4. The minimum atomic E-state index is -0.874. The number of amides is 3. The van der Waals surface area contributed by atoms with Crippen LogP contribution >= 0.6 is 11.6 Å². The zero-order valence-electron chi connectivity index (χ0n) is 20.7. The Bertz CT molecular complexity index is 1180. The maximum absolute atomic E-state index is 13.4. The molecule has 2 bridgehead atoms. The van der Waals surface area contributed by atoms with Gasteiger partial charge in [-0.05, 0) is 56.2 Å². The molecule has 1 N–H and O–H groups in total. The van der Waals surface area contributed by atoms with Gasteiger partial charge in [0.05, 0.1) is 11.7 Å². The third-order valence-electron chi connectivity index (χ3n) is 8.28. The van der Waals surface area contributed by atoms with Crippen molar-refractivity contribution in [1.82, 2.24) is 15.1 Å². The number of nitrogens with one attached hydrogen (secondary N) is 1. The molecule has 4 aliphatic rings. The Morgan fingerprint density at radius 2 is 1.83 bits per heavy atom. The number of hydrogen-bond donors (Lipinski definition) is 1. The first kappa shape index (κ1) is 23.6. The Morgan fingerprint density at radius 1 is 1.06 bits per heavy atom. The number of urea groups is 1. The van der Waals surface area contributed by atoms with E-state index < -0.39 is 5.72 Å². The van der Waals surface area contributed by atoms with Crippen molar-refractivity contribution in [3.8, 4) is 5.75 Å². The second-order valence-electron chi connectivity index (χ2n) is 10.7. The SMILES string of the molecule is CC12CC(NC(=O)N1c1cccc(C(=O)N3CCN(C4CCCCC4)CC3)c1)c1cc(Cl)ccc1O2. The lowest BCUT2D eigenvalue weighted by Crippen LogP contribution is -2.65. The maximum Gasteiger partial charge on any atom is 0.325 e. The lowest BCUT2D eigenvalue weighted by Gasteiger charge is -2.50. The summed E-state index contributed by atoms with van der Waals surface area (Å²) in [4.78, 5) is 32.9. The summed E-state index contributed by atoms with van der Waals surface area (Å²) in [6, 6.07) is 13.1. The van der Waals surface area contributed by atoms with E-state index >= 15 is 0 Å². The van der Waals surface area contributed by atoms with Gasteiger partial charge in [-0.3, -0.25) is 14.6 Å². The molecular formula is C28H33ClN4O3. The van der Waals surface area contributed by atoms with Crippen LogP contribution in [0, 0.1) is 0 Å². The van der Waals surface area contributed by atoms with Crippen LogP contribution in [0.25, 0.3) is 0 Å². The summed E-state index contributed by atoms with van der Waals surface area (Å²) in [6.07, 6.45) is 7.15. The number of rotatable bonds is 3. The molecule has 1 saturated carbocycles. The van der Waals surface area contributed by atoms with Crippen LogP contribution in [-0.2, 0) is 0 Å². The van der Waals surface area contributed by atoms with E-state index in [-0.39, 0.29) is 18.0 Å². The summed E-state index contributed by atoms with van der Waals surface area (Å²) in [5.41, 5.74) is 1.27. The first-order valence-corrected chi connectivity index (χ1v) is 13.5. The van der Waals surface area contributed by atoms with Crippen molar-refractivity contribution >= 4 is 29.2 Å². The molecule has 6 rings (SSSR count). The fourth-order valence-corrected chi connectivity index (χ4v) is 6.61. The number of anilines is 1. The minimum absolute atomic E-state index is 0.0186. The van der Waals surface area contributed by atoms with Gasteiger partial charge in [0.1, 0.15) is 5.75 Å². The summed E-state index contributed by atoms with van der Waals surface area (Å²) in [5, 5.41) is 3.71. The minimum Gasteiger partial charge on any atom is -0.467 e. The van der Waals surface area contributed by atoms with Gasteiger partial charge in [0.15, 0.2) is 5.72 Å². The standard InChI is InChI=1S/C28H33ClN4O3/c1-28-18-24(23-17-20(29)10-11-25(23)36-28)30-27(35)33(28)22-9-5-6-19(16-22)26(34)32-14-12-31(13-15-32)21-7-3-2-4-8-21/h5-6,9-11,16-17,21,24H,2-4,7-8,12-15,18H2,1H3,(H,30,35). The number of carbonyl (C=O) groups excluding carboxylic acids is 2. The first-order chi connectivity index (χ1) is 17.4. The number of ether oxygens (including phenoxy) is 1. The summed E-state index contributed by atoms with van der Waals surface area (Å²) >= 11 is 6.19. The van der Waals surface area contributed by atoms with Crippen LogP contribution in [0.5, 0.6) is 5.75 Å².